The van der Waals surface area contributed by atoms with Crippen molar-refractivity contribution in [2.45, 2.75) is 68.1 Å². The molecule has 0 aromatic heterocycles. The average molecular weight is 576 g/mol. The molecule has 1 amide bonds. The van der Waals surface area contributed by atoms with Gasteiger partial charge in [-0.25, -0.2) is 16.8 Å². The predicted octanol–water partition coefficient (Wildman–Crippen LogP) is 3.33. The summed E-state index contributed by atoms with van der Waals surface area (Å²) in [4.78, 5) is 14.4. The van der Waals surface area contributed by atoms with Gasteiger partial charge in [-0.2, -0.15) is 13.2 Å². The topological polar surface area (TPSA) is 127 Å². The number of nitrogens with zero attached hydrogens (tertiary/aromatic N) is 1. The minimum Gasteiger partial charge on any atom is -0.341 e. The van der Waals surface area contributed by atoms with E-state index in [1.807, 2.05) is 0 Å². The number of benzene rings is 1. The molecule has 2 aliphatic carbocycles. The highest BCUT2D eigenvalue weighted by atomic mass is 35.5. The summed E-state index contributed by atoms with van der Waals surface area (Å²) < 4.78 is 87.7. The first-order valence-corrected chi connectivity index (χ1v) is 14.9. The van der Waals surface area contributed by atoms with Crippen molar-refractivity contribution in [1.82, 2.24) is 4.90 Å². The summed E-state index contributed by atoms with van der Waals surface area (Å²) in [6.07, 6.45) is 0.781. The largest absolute Gasteiger partial charge is 0.404 e. The quantitative estimate of drug-likeness (QED) is 0.465. The maximum atomic E-state index is 12.8. The fourth-order valence-electron chi connectivity index (χ4n) is 4.67. The molecule has 0 unspecified atom stereocenters. The van der Waals surface area contributed by atoms with E-state index in [1.54, 1.807) is 16.7 Å². The Balaban J connectivity index is 0.00000456. The smallest absolute Gasteiger partial charge is 0.341 e. The molecule has 14 heteroatoms. The zero-order chi connectivity index (χ0) is 26.0. The molecule has 36 heavy (non-hydrogen) atoms. The minimum atomic E-state index is -4.89. The van der Waals surface area contributed by atoms with Gasteiger partial charge < -0.3 is 10.6 Å². The molecular weight excluding hydrogens is 543 g/mol. The third-order valence-corrected chi connectivity index (χ3v) is 10.1. The zero-order valence-corrected chi connectivity index (χ0v) is 22.4. The van der Waals surface area contributed by atoms with Crippen molar-refractivity contribution in [1.29, 1.82) is 0 Å². The summed E-state index contributed by atoms with van der Waals surface area (Å²) in [7, 11) is -6.55. The molecule has 0 spiro atoms. The molecule has 0 aliphatic heterocycles. The Morgan fingerprint density at radius 3 is 2.08 bits per heavy atom. The number of hydrogen-bond donors (Lipinski definition) is 2. The molecule has 3 rings (SSSR count). The summed E-state index contributed by atoms with van der Waals surface area (Å²) in [6, 6.07) is 4.28. The number of sulfone groups is 1. The number of likely N-dealkylation sites (N-methyl/N-ethyl adjacent to an activating group) is 1. The van der Waals surface area contributed by atoms with Crippen LogP contribution in [0.4, 0.5) is 18.9 Å². The Morgan fingerprint density at radius 2 is 1.61 bits per heavy atom. The normalized spacial score (nSPS) is 22.1. The van der Waals surface area contributed by atoms with Gasteiger partial charge >= 0.3 is 6.18 Å². The molecule has 1 aromatic carbocycles. The number of amides is 1. The number of nitrogens with one attached hydrogen (secondary N) is 1. The van der Waals surface area contributed by atoms with Gasteiger partial charge in [0.05, 0.1) is 16.7 Å². The van der Waals surface area contributed by atoms with Crippen molar-refractivity contribution >= 4 is 43.9 Å². The van der Waals surface area contributed by atoms with E-state index in [0.29, 0.717) is 25.7 Å². The molecule has 2 fully saturated rings. The number of hydrogen-bond acceptors (Lipinski definition) is 6. The van der Waals surface area contributed by atoms with E-state index >= 15 is 0 Å². The summed E-state index contributed by atoms with van der Waals surface area (Å²) in [5.41, 5.74) is 6.09. The van der Waals surface area contributed by atoms with Crippen LogP contribution in [0.2, 0.25) is 0 Å². The van der Waals surface area contributed by atoms with Gasteiger partial charge in [-0.3, -0.25) is 9.52 Å². The highest BCUT2D eigenvalue weighted by Crippen LogP contribution is 2.34. The minimum absolute atomic E-state index is 0. The zero-order valence-electron chi connectivity index (χ0n) is 19.9. The van der Waals surface area contributed by atoms with E-state index in [0.717, 1.165) is 31.4 Å². The first kappa shape index (κ1) is 30.7. The summed E-state index contributed by atoms with van der Waals surface area (Å²) in [5.74, 6) is -2.30. The van der Waals surface area contributed by atoms with Crippen LogP contribution in [-0.2, 0) is 24.7 Å². The molecule has 0 bridgehead atoms. The van der Waals surface area contributed by atoms with Crippen LogP contribution in [0.15, 0.2) is 29.2 Å². The number of nitrogens with two attached hydrogens (primary N) is 1. The Morgan fingerprint density at radius 1 is 1.06 bits per heavy atom. The summed E-state index contributed by atoms with van der Waals surface area (Å²) in [5, 5.41) is 0. The molecule has 3 N–H and O–H groups in total. The van der Waals surface area contributed by atoms with Crippen molar-refractivity contribution in [2.75, 3.05) is 23.3 Å². The molecule has 8 nitrogen and oxygen atoms in total. The second-order valence-corrected chi connectivity index (χ2v) is 13.4. The van der Waals surface area contributed by atoms with Crippen LogP contribution >= 0.6 is 12.4 Å². The van der Waals surface area contributed by atoms with Gasteiger partial charge in [0.2, 0.25) is 15.9 Å². The Labute approximate surface area is 216 Å². The fourth-order valence-corrected chi connectivity index (χ4v) is 7.37. The van der Waals surface area contributed by atoms with E-state index < -0.39 is 37.8 Å². The molecule has 2 aliphatic rings. The van der Waals surface area contributed by atoms with E-state index in [-0.39, 0.29) is 52.5 Å². The van der Waals surface area contributed by atoms with Gasteiger partial charge in [0, 0.05) is 18.8 Å². The van der Waals surface area contributed by atoms with Crippen LogP contribution < -0.4 is 10.5 Å². The van der Waals surface area contributed by atoms with Gasteiger partial charge in [-0.15, -0.1) is 12.4 Å². The summed E-state index contributed by atoms with van der Waals surface area (Å²) >= 11 is 0. The molecule has 206 valence electrons. The number of sulfonamides is 1. The lowest BCUT2D eigenvalue weighted by molar-refractivity contribution is -0.136. The Hall–Kier alpha value is -1.57. The third kappa shape index (κ3) is 8.22. The SMILES string of the molecule is CN(C(=O)[C@@H](N)[C@H]1CC[C@H](CS(=O)(=O)c2ccc(NS(=O)(=O)CC(F)(F)F)cc2)CC1)C1CCC1.Cl. The van der Waals surface area contributed by atoms with E-state index in [4.69, 9.17) is 5.73 Å². The highest BCUT2D eigenvalue weighted by Gasteiger charge is 2.36. The lowest BCUT2D eigenvalue weighted by Gasteiger charge is -2.38. The standard InChI is InChI=1S/C22H32F3N3O5S2.ClH/c1-28(18-3-2-4-18)21(29)20(26)16-7-5-15(6-8-16)13-34(30,31)19-11-9-17(10-12-19)27-35(32,33)14-22(23,24)25;/h9-12,15-16,18,20,27H,2-8,13-14,26H2,1H3;1H/t15-,16-,20-;/m0./s1. The van der Waals surface area contributed by atoms with Crippen LogP contribution in [0, 0.1) is 11.8 Å². The number of carbonyl (C=O) groups excluding carboxylic acids is 1. The van der Waals surface area contributed by atoms with E-state index in [9.17, 15) is 34.8 Å². The average Bonchev–Trinajstić information content (AvgIpc) is 2.70. The third-order valence-electron chi connectivity index (χ3n) is 6.95. The first-order chi connectivity index (χ1) is 16.2. The maximum Gasteiger partial charge on any atom is 0.404 e. The van der Waals surface area contributed by atoms with Gasteiger partial charge in [0.1, 0.15) is 0 Å². The van der Waals surface area contributed by atoms with E-state index in [1.165, 1.54) is 12.1 Å². The van der Waals surface area contributed by atoms with Gasteiger partial charge in [0.15, 0.2) is 15.6 Å². The molecular formula is C22H33ClF3N3O5S2. The van der Waals surface area contributed by atoms with Crippen molar-refractivity contribution in [3.8, 4) is 0 Å². The Kier molecular flexibility index (Phi) is 10.1. The van der Waals surface area contributed by atoms with Crippen LogP contribution in [0.1, 0.15) is 44.9 Å². The van der Waals surface area contributed by atoms with E-state index in [2.05, 4.69) is 0 Å². The van der Waals surface area contributed by atoms with Crippen LogP contribution in [0.25, 0.3) is 0 Å². The number of anilines is 1. The predicted molar refractivity (Wildman–Crippen MR) is 133 cm³/mol. The van der Waals surface area contributed by atoms with Crippen molar-refractivity contribution in [3.63, 3.8) is 0 Å². The van der Waals surface area contributed by atoms with Gasteiger partial charge in [-0.1, -0.05) is 0 Å². The number of alkyl halides is 3. The van der Waals surface area contributed by atoms with Crippen LogP contribution in [-0.4, -0.2) is 64.5 Å². The highest BCUT2D eigenvalue weighted by molar-refractivity contribution is 7.92. The van der Waals surface area contributed by atoms with Gasteiger partial charge in [0.25, 0.3) is 0 Å². The Bertz CT molecular complexity index is 1100. The first-order valence-electron chi connectivity index (χ1n) is 11.6. The van der Waals surface area contributed by atoms with Crippen LogP contribution in [0.5, 0.6) is 0 Å². The lowest BCUT2D eigenvalue weighted by atomic mass is 9.78. The molecule has 1 aromatic rings. The molecule has 0 saturated heterocycles. The van der Waals surface area contributed by atoms with Crippen molar-refractivity contribution in [3.05, 3.63) is 24.3 Å². The molecule has 2 saturated carbocycles. The van der Waals surface area contributed by atoms with Crippen molar-refractivity contribution in [2.24, 2.45) is 17.6 Å². The monoisotopic (exact) mass is 575 g/mol. The van der Waals surface area contributed by atoms with Crippen LogP contribution in [0.3, 0.4) is 0 Å². The fraction of sp³-hybridized carbons (Fsp3) is 0.682. The molecule has 0 radical (unpaired) electrons. The number of halogens is 4. The second-order valence-electron chi connectivity index (χ2n) is 9.62. The molecule has 1 atom stereocenters. The van der Waals surface area contributed by atoms with Gasteiger partial charge in [-0.05, 0) is 81.0 Å². The number of carbonyl (C=O) groups is 1. The summed E-state index contributed by atoms with van der Waals surface area (Å²) in [6.45, 7) is 0. The van der Waals surface area contributed by atoms with Crippen molar-refractivity contribution < 1.29 is 34.8 Å². The lowest BCUT2D eigenvalue weighted by Crippen LogP contribution is -2.52. The molecule has 0 heterocycles. The maximum absolute atomic E-state index is 12.8. The second kappa shape index (κ2) is 11.9. The number of rotatable bonds is 9.